The first-order valence-corrected chi connectivity index (χ1v) is 2.64. The van der Waals surface area contributed by atoms with Gasteiger partial charge in [0.15, 0.2) is 0 Å². The van der Waals surface area contributed by atoms with Crippen molar-refractivity contribution >= 4 is 7.28 Å². The Hall–Kier alpha value is -0.395. The highest BCUT2D eigenvalue weighted by Gasteiger charge is 2.08. The smallest absolute Gasteiger partial charge is 0.136 e. The molecule has 0 rings (SSSR count). The minimum Gasteiger partial charge on any atom is -0.883 e. The van der Waals surface area contributed by atoms with Gasteiger partial charge in [-0.15, -0.1) is 6.58 Å². The highest BCUT2D eigenvalue weighted by Crippen LogP contribution is 2.20. The highest BCUT2D eigenvalue weighted by atomic mass is 16.3. The van der Waals surface area contributed by atoms with Gasteiger partial charge in [-0.1, -0.05) is 26.1 Å². The monoisotopic (exact) mass is 110 g/mol. The Labute approximate surface area is 51.7 Å². The van der Waals surface area contributed by atoms with E-state index in [0.29, 0.717) is 0 Å². The van der Waals surface area contributed by atoms with E-state index in [2.05, 4.69) is 6.58 Å². The fourth-order valence-electron chi connectivity index (χ4n) is 0.483. The van der Waals surface area contributed by atoms with E-state index in [9.17, 15) is 5.11 Å². The predicted octanol–water partition coefficient (Wildman–Crippen LogP) is 0.741. The van der Waals surface area contributed by atoms with Crippen LogP contribution in [0.5, 0.6) is 0 Å². The van der Waals surface area contributed by atoms with Crippen LogP contribution in [0.2, 0.25) is 5.31 Å². The molecule has 1 radical (unpaired) electrons. The van der Waals surface area contributed by atoms with Gasteiger partial charge in [0.25, 0.3) is 0 Å². The summed E-state index contributed by atoms with van der Waals surface area (Å²) in [6.07, 6.45) is 0. The van der Waals surface area contributed by atoms with Gasteiger partial charge in [-0.2, -0.15) is 5.66 Å². The van der Waals surface area contributed by atoms with Crippen molar-refractivity contribution in [2.75, 3.05) is 0 Å². The molecule has 0 heterocycles. The van der Waals surface area contributed by atoms with Crippen LogP contribution < -0.4 is 5.11 Å². The van der Waals surface area contributed by atoms with Gasteiger partial charge in [0.05, 0.1) is 0 Å². The molecule has 0 saturated carbocycles. The Morgan fingerprint density at radius 2 is 1.88 bits per heavy atom. The second-order valence-electron chi connectivity index (χ2n) is 2.98. The van der Waals surface area contributed by atoms with Crippen LogP contribution in [0, 0.1) is 0 Å². The predicted molar refractivity (Wildman–Crippen MR) is 34.6 cm³/mol. The molecular weight excluding hydrogens is 98.9 g/mol. The molecular formula is C6H11BO-. The number of rotatable bonds is 1. The lowest BCUT2D eigenvalue weighted by atomic mass is 9.54. The van der Waals surface area contributed by atoms with Crippen molar-refractivity contribution in [3.63, 3.8) is 0 Å². The lowest BCUT2D eigenvalue weighted by Crippen LogP contribution is -2.18. The minimum atomic E-state index is -0.0995. The third-order valence-corrected chi connectivity index (χ3v) is 0.594. The molecule has 0 unspecified atom stereocenters. The molecule has 0 aliphatic heterocycles. The van der Waals surface area contributed by atoms with E-state index in [0.717, 1.165) is 0 Å². The summed E-state index contributed by atoms with van der Waals surface area (Å²) in [5, 5.41) is 10.3. The highest BCUT2D eigenvalue weighted by molar-refractivity contribution is 6.47. The second kappa shape index (κ2) is 2.25. The van der Waals surface area contributed by atoms with Gasteiger partial charge in [-0.05, 0) is 0 Å². The third kappa shape index (κ3) is 5.60. The van der Waals surface area contributed by atoms with Crippen molar-refractivity contribution in [2.45, 2.75) is 26.1 Å². The summed E-state index contributed by atoms with van der Waals surface area (Å²) >= 11 is 0. The van der Waals surface area contributed by atoms with Gasteiger partial charge in [-0.3, -0.25) is 0 Å². The first-order chi connectivity index (χ1) is 3.42. The molecule has 0 bridgehead atoms. The molecule has 2 heteroatoms. The first kappa shape index (κ1) is 7.60. The van der Waals surface area contributed by atoms with E-state index in [4.69, 9.17) is 0 Å². The fraction of sp³-hybridized carbons (Fsp3) is 0.667. The van der Waals surface area contributed by atoms with Crippen LogP contribution in [0.15, 0.2) is 12.2 Å². The molecule has 0 spiro atoms. The Bertz CT molecular complexity index is 91.2. The average molecular weight is 110 g/mol. The standard InChI is InChI=1S/C6H12BO/c1-5(8)7-6(2,3)4/h8H,1H2,2-4H3/p-1. The van der Waals surface area contributed by atoms with Crippen molar-refractivity contribution in [3.05, 3.63) is 12.2 Å². The van der Waals surface area contributed by atoms with Gasteiger partial charge in [0, 0.05) is 0 Å². The van der Waals surface area contributed by atoms with Crippen molar-refractivity contribution in [3.8, 4) is 0 Å². The van der Waals surface area contributed by atoms with Crippen molar-refractivity contribution in [1.82, 2.24) is 0 Å². The van der Waals surface area contributed by atoms with E-state index < -0.39 is 0 Å². The zero-order chi connectivity index (χ0) is 6.78. The van der Waals surface area contributed by atoms with Gasteiger partial charge < -0.3 is 5.11 Å². The second-order valence-corrected chi connectivity index (χ2v) is 2.98. The first-order valence-electron chi connectivity index (χ1n) is 2.64. The molecule has 0 N–H and O–H groups in total. The summed E-state index contributed by atoms with van der Waals surface area (Å²) in [6, 6.07) is 0. The maximum Gasteiger partial charge on any atom is 0.136 e. The van der Waals surface area contributed by atoms with Gasteiger partial charge >= 0.3 is 0 Å². The largest absolute Gasteiger partial charge is 0.883 e. The molecule has 0 aromatic heterocycles. The van der Waals surface area contributed by atoms with Gasteiger partial charge in [-0.25, -0.2) is 0 Å². The lowest BCUT2D eigenvalue weighted by molar-refractivity contribution is -0.287. The summed E-state index contributed by atoms with van der Waals surface area (Å²) in [7, 11) is 1.60. The Kier molecular flexibility index (Phi) is 2.14. The van der Waals surface area contributed by atoms with E-state index in [1.54, 1.807) is 7.28 Å². The fourth-order valence-corrected chi connectivity index (χ4v) is 0.483. The molecule has 0 amide bonds. The van der Waals surface area contributed by atoms with Crippen LogP contribution >= 0.6 is 0 Å². The molecule has 0 fully saturated rings. The molecule has 0 aliphatic carbocycles. The van der Waals surface area contributed by atoms with Crippen LogP contribution in [0.25, 0.3) is 0 Å². The lowest BCUT2D eigenvalue weighted by Gasteiger charge is -2.20. The van der Waals surface area contributed by atoms with E-state index >= 15 is 0 Å². The third-order valence-electron chi connectivity index (χ3n) is 0.594. The maximum absolute atomic E-state index is 10.3. The molecule has 1 nitrogen and oxygen atoms in total. The van der Waals surface area contributed by atoms with E-state index in [1.807, 2.05) is 20.8 Å². The summed E-state index contributed by atoms with van der Waals surface area (Å²) in [5.41, 5.74) is -0.0995. The number of hydrogen-bond acceptors (Lipinski definition) is 1. The van der Waals surface area contributed by atoms with E-state index in [-0.39, 0.29) is 11.0 Å². The van der Waals surface area contributed by atoms with Crippen molar-refractivity contribution in [2.24, 2.45) is 0 Å². The molecule has 0 atom stereocenters. The van der Waals surface area contributed by atoms with Gasteiger partial charge in [0.1, 0.15) is 7.28 Å². The van der Waals surface area contributed by atoms with Crippen LogP contribution in [-0.4, -0.2) is 7.28 Å². The average Bonchev–Trinajstić information content (AvgIpc) is 1.21. The maximum atomic E-state index is 10.3. The molecule has 0 aromatic carbocycles. The minimum absolute atomic E-state index is 0.0150. The van der Waals surface area contributed by atoms with Crippen LogP contribution in [0.1, 0.15) is 20.8 Å². The van der Waals surface area contributed by atoms with Crippen LogP contribution in [0.4, 0.5) is 0 Å². The topological polar surface area (TPSA) is 23.1 Å². The summed E-state index contributed by atoms with van der Waals surface area (Å²) < 4.78 is 0. The Morgan fingerprint density at radius 3 is 1.88 bits per heavy atom. The zero-order valence-electron chi connectivity index (χ0n) is 5.69. The van der Waals surface area contributed by atoms with Crippen molar-refractivity contribution in [1.29, 1.82) is 0 Å². The summed E-state index contributed by atoms with van der Waals surface area (Å²) in [5.74, 6) is 0. The Balaban J connectivity index is 3.55. The SMILES string of the molecule is C=C([O-])[B]C(C)(C)C. The quantitative estimate of drug-likeness (QED) is 0.360. The van der Waals surface area contributed by atoms with Crippen molar-refractivity contribution < 1.29 is 5.11 Å². The molecule has 0 aliphatic rings. The van der Waals surface area contributed by atoms with Crippen LogP contribution in [0.3, 0.4) is 0 Å². The van der Waals surface area contributed by atoms with Gasteiger partial charge in [0.2, 0.25) is 0 Å². The van der Waals surface area contributed by atoms with Crippen LogP contribution in [-0.2, 0) is 0 Å². The zero-order valence-corrected chi connectivity index (χ0v) is 5.69. The summed E-state index contributed by atoms with van der Waals surface area (Å²) in [6.45, 7) is 9.13. The summed E-state index contributed by atoms with van der Waals surface area (Å²) in [4.78, 5) is 0. The Morgan fingerprint density at radius 1 is 1.50 bits per heavy atom. The number of hydrogen-bond donors (Lipinski definition) is 0. The van der Waals surface area contributed by atoms with E-state index in [1.165, 1.54) is 0 Å². The molecule has 45 valence electrons. The molecule has 8 heavy (non-hydrogen) atoms. The molecule has 0 aromatic rings. The molecule has 0 saturated heterocycles. The normalized spacial score (nSPS) is 10.9.